The summed E-state index contributed by atoms with van der Waals surface area (Å²) in [5.74, 6) is -2.90. The molecule has 0 fully saturated rings. The molecule has 0 aromatic rings. The summed E-state index contributed by atoms with van der Waals surface area (Å²) in [6.45, 7) is 0. The third-order valence-electron chi connectivity index (χ3n) is 1.33. The molecule has 0 aliphatic heterocycles. The van der Waals surface area contributed by atoms with Crippen LogP contribution >= 0.6 is 0 Å². The van der Waals surface area contributed by atoms with E-state index in [1.54, 1.807) is 0 Å². The summed E-state index contributed by atoms with van der Waals surface area (Å²) < 4.78 is 98.5. The molecule has 0 aromatic heterocycles. The molecule has 0 amide bonds. The summed E-state index contributed by atoms with van der Waals surface area (Å²) in [7, 11) is -5.64. The van der Waals surface area contributed by atoms with Gasteiger partial charge in [0.25, 0.3) is 15.7 Å². The Morgan fingerprint density at radius 2 is 1.25 bits per heavy atom. The molecule has 0 rings (SSSR count). The molecule has 0 bridgehead atoms. The zero-order valence-electron chi connectivity index (χ0n) is 8.59. The smallest absolute Gasteiger partial charge is 1.00 e. The quantitative estimate of drug-likeness (QED) is 0.345. The fourth-order valence-corrected chi connectivity index (χ4v) is 1.44. The second kappa shape index (κ2) is 4.98. The van der Waals surface area contributed by atoms with Crippen LogP contribution in [-0.4, -0.2) is 41.8 Å². The molecule has 16 heavy (non-hydrogen) atoms. The van der Waals surface area contributed by atoms with Crippen molar-refractivity contribution >= 4 is 10.1 Å². The van der Waals surface area contributed by atoms with Crippen molar-refractivity contribution in [3.05, 3.63) is 0 Å². The minimum absolute atomic E-state index is 0. The summed E-state index contributed by atoms with van der Waals surface area (Å²) in [5, 5.41) is 8.23. The van der Waals surface area contributed by atoms with Crippen molar-refractivity contribution in [2.24, 2.45) is 0 Å². The van der Waals surface area contributed by atoms with E-state index in [0.717, 1.165) is 0 Å². The van der Waals surface area contributed by atoms with Crippen molar-refractivity contribution < 1.29 is 75.4 Å². The molecule has 12 heteroatoms. The van der Waals surface area contributed by atoms with E-state index in [1.807, 2.05) is 0 Å². The first-order valence-corrected chi connectivity index (χ1v) is 4.62. The van der Waals surface area contributed by atoms with Gasteiger partial charge in [0.15, 0.2) is 0 Å². The van der Waals surface area contributed by atoms with Crippen LogP contribution in [0.2, 0.25) is 0 Å². The number of halogens is 6. The van der Waals surface area contributed by atoms with Crippen molar-refractivity contribution in [3.8, 4) is 0 Å². The predicted molar refractivity (Wildman–Crippen MR) is 34.6 cm³/mol. The number of hydrogen-bond donors (Lipinski definition) is 2. The van der Waals surface area contributed by atoms with Crippen LogP contribution < -0.4 is 29.6 Å². The number of aliphatic hydroxyl groups is 1. The molecule has 0 saturated carbocycles. The van der Waals surface area contributed by atoms with Crippen LogP contribution in [0.25, 0.3) is 0 Å². The molecular weight excluding hydrogens is 281 g/mol. The first kappa shape index (κ1) is 18.8. The molecule has 0 aliphatic carbocycles. The molecule has 0 radical (unpaired) electrons. The number of alkyl halides is 6. The Labute approximate surface area is 109 Å². The third-order valence-corrected chi connectivity index (χ3v) is 2.11. The van der Waals surface area contributed by atoms with Gasteiger partial charge in [-0.3, -0.25) is 4.55 Å². The van der Waals surface area contributed by atoms with E-state index in [9.17, 15) is 34.8 Å². The minimum atomic E-state index is -6.26. The molecule has 94 valence electrons. The van der Waals surface area contributed by atoms with Crippen LogP contribution in [-0.2, 0) is 10.1 Å². The summed E-state index contributed by atoms with van der Waals surface area (Å²) >= 11 is 0. The van der Waals surface area contributed by atoms with Crippen LogP contribution in [0.3, 0.4) is 0 Å². The van der Waals surface area contributed by atoms with Gasteiger partial charge in [-0.25, -0.2) is 0 Å². The Balaban J connectivity index is -0.000000980. The van der Waals surface area contributed by atoms with Gasteiger partial charge in [-0.1, -0.05) is 0 Å². The van der Waals surface area contributed by atoms with E-state index in [-0.39, 0.29) is 31.0 Å². The summed E-state index contributed by atoms with van der Waals surface area (Å²) in [4.78, 5) is 0. The van der Waals surface area contributed by atoms with Gasteiger partial charge in [0.05, 0.1) is 0 Å². The van der Waals surface area contributed by atoms with E-state index < -0.39 is 33.8 Å². The predicted octanol–water partition coefficient (Wildman–Crippen LogP) is -2.15. The molecule has 0 aromatic carbocycles. The molecule has 0 unspecified atom stereocenters. The van der Waals surface area contributed by atoms with Gasteiger partial charge in [0.1, 0.15) is 5.75 Å². The zero-order chi connectivity index (χ0) is 12.7. The van der Waals surface area contributed by atoms with Crippen molar-refractivity contribution in [2.75, 3.05) is 5.75 Å². The van der Waals surface area contributed by atoms with E-state index >= 15 is 0 Å². The number of rotatable bonds is 2. The Kier molecular flexibility index (Phi) is 5.85. The van der Waals surface area contributed by atoms with E-state index in [0.29, 0.717) is 0 Å². The first-order chi connectivity index (χ1) is 6.21. The Hall–Kier alpha value is 0.450. The summed E-state index contributed by atoms with van der Waals surface area (Å²) in [6.07, 6.45) is -12.5. The van der Waals surface area contributed by atoms with Gasteiger partial charge in [0, 0.05) is 0 Å². The van der Waals surface area contributed by atoms with Crippen LogP contribution in [0.15, 0.2) is 0 Å². The maximum atomic E-state index is 11.8. The zero-order valence-corrected chi connectivity index (χ0v) is 10.4. The molecule has 2 N–H and O–H groups in total. The molecule has 0 atom stereocenters. The minimum Gasteiger partial charge on any atom is -1.00 e. The SMILES string of the molecule is O=S(=O)(O)CC(O)(C(F)(F)F)C(F)(F)F.[H-].[Na+]. The van der Waals surface area contributed by atoms with Gasteiger partial charge in [-0.15, -0.1) is 0 Å². The summed E-state index contributed by atoms with van der Waals surface area (Å²) in [6, 6.07) is 0. The van der Waals surface area contributed by atoms with Gasteiger partial charge in [0.2, 0.25) is 0 Å². The molecule has 0 heterocycles. The van der Waals surface area contributed by atoms with Crippen molar-refractivity contribution in [1.82, 2.24) is 0 Å². The molecule has 4 nitrogen and oxygen atoms in total. The topological polar surface area (TPSA) is 74.6 Å². The normalized spacial score (nSPS) is 14.5. The van der Waals surface area contributed by atoms with Crippen LogP contribution in [0, 0.1) is 0 Å². The van der Waals surface area contributed by atoms with Crippen LogP contribution in [0.1, 0.15) is 1.43 Å². The van der Waals surface area contributed by atoms with Gasteiger partial charge in [-0.05, 0) is 0 Å². The van der Waals surface area contributed by atoms with Crippen LogP contribution in [0.4, 0.5) is 26.3 Å². The van der Waals surface area contributed by atoms with Gasteiger partial charge < -0.3 is 6.53 Å². The van der Waals surface area contributed by atoms with Crippen molar-refractivity contribution in [1.29, 1.82) is 0 Å². The Morgan fingerprint density at radius 1 is 1.00 bits per heavy atom. The van der Waals surface area contributed by atoms with Crippen molar-refractivity contribution in [3.63, 3.8) is 0 Å². The van der Waals surface area contributed by atoms with Crippen LogP contribution in [0.5, 0.6) is 0 Å². The fourth-order valence-electron chi connectivity index (χ4n) is 0.588. The van der Waals surface area contributed by atoms with Gasteiger partial charge >= 0.3 is 41.9 Å². The second-order valence-electron chi connectivity index (χ2n) is 2.58. The largest absolute Gasteiger partial charge is 1.00 e. The fraction of sp³-hybridized carbons (Fsp3) is 1.00. The monoisotopic (exact) mass is 286 g/mol. The van der Waals surface area contributed by atoms with E-state index in [4.69, 9.17) is 9.66 Å². The molecule has 0 spiro atoms. The molecule has 0 saturated heterocycles. The number of hydrogen-bond acceptors (Lipinski definition) is 3. The van der Waals surface area contributed by atoms with E-state index in [2.05, 4.69) is 0 Å². The average Bonchev–Trinajstić information content (AvgIpc) is 1.77. The maximum Gasteiger partial charge on any atom is 1.00 e. The first-order valence-electron chi connectivity index (χ1n) is 3.02. The Bertz CT molecular complexity index is 323. The van der Waals surface area contributed by atoms with Crippen molar-refractivity contribution in [2.45, 2.75) is 18.0 Å². The maximum absolute atomic E-state index is 11.8. The average molecular weight is 286 g/mol. The summed E-state index contributed by atoms with van der Waals surface area (Å²) in [5.41, 5.74) is -5.48. The van der Waals surface area contributed by atoms with E-state index in [1.165, 1.54) is 0 Å². The Morgan fingerprint density at radius 3 is 1.31 bits per heavy atom. The molecular formula is C4H5F6NaO4S. The third kappa shape index (κ3) is 4.37. The standard InChI is InChI=1S/C4H4F6O4S.Na.H/c5-3(6,7)2(11,4(8,9)10)1-15(12,13)14;;/h11H,1H2,(H,12,13,14);;/q;+1;-1. The molecule has 0 aliphatic rings. The van der Waals surface area contributed by atoms with Gasteiger partial charge in [-0.2, -0.15) is 34.8 Å². The second-order valence-corrected chi connectivity index (χ2v) is 4.03.